The van der Waals surface area contributed by atoms with Crippen molar-refractivity contribution in [3.63, 3.8) is 0 Å². The maximum atomic E-state index is 12.6. The van der Waals surface area contributed by atoms with Crippen LogP contribution in [0, 0.1) is 16.0 Å². The Morgan fingerprint density at radius 2 is 2.04 bits per heavy atom. The van der Waals surface area contributed by atoms with Crippen molar-refractivity contribution < 1.29 is 19.2 Å². The second-order valence-corrected chi connectivity index (χ2v) is 6.31. The predicted molar refractivity (Wildman–Crippen MR) is 90.1 cm³/mol. The third kappa shape index (κ3) is 4.05. The van der Waals surface area contributed by atoms with Crippen molar-refractivity contribution in [2.75, 3.05) is 26.0 Å². The molecule has 8 heteroatoms. The quantitative estimate of drug-likeness (QED) is 0.350. The number of esters is 1. The lowest BCUT2D eigenvalue weighted by atomic mass is 9.96. The molecule has 0 aromatic heterocycles. The lowest BCUT2D eigenvalue weighted by Crippen LogP contribution is -2.40. The highest BCUT2D eigenvalue weighted by molar-refractivity contribution is 7.98. The summed E-state index contributed by atoms with van der Waals surface area (Å²) in [6.45, 7) is 3.01. The first-order valence-electron chi connectivity index (χ1n) is 7.76. The molecule has 0 saturated carbocycles. The van der Waals surface area contributed by atoms with E-state index in [0.717, 1.165) is 0 Å². The fourth-order valence-corrected chi connectivity index (χ4v) is 3.27. The van der Waals surface area contributed by atoms with Gasteiger partial charge in [0, 0.05) is 24.7 Å². The molecule has 1 aliphatic heterocycles. The van der Waals surface area contributed by atoms with Gasteiger partial charge in [-0.1, -0.05) is 0 Å². The van der Waals surface area contributed by atoms with Crippen LogP contribution >= 0.6 is 11.8 Å². The van der Waals surface area contributed by atoms with Gasteiger partial charge in [0.05, 0.1) is 22.3 Å². The van der Waals surface area contributed by atoms with Crippen molar-refractivity contribution in [3.05, 3.63) is 33.9 Å². The van der Waals surface area contributed by atoms with E-state index < -0.39 is 4.92 Å². The van der Waals surface area contributed by atoms with Crippen LogP contribution in [0.3, 0.4) is 0 Å². The van der Waals surface area contributed by atoms with Crippen molar-refractivity contribution in [2.45, 2.75) is 24.7 Å². The number of nitro groups is 1. The van der Waals surface area contributed by atoms with Crippen molar-refractivity contribution in [3.8, 4) is 0 Å². The molecule has 0 bridgehead atoms. The fraction of sp³-hybridized carbons (Fsp3) is 0.500. The molecular weight excluding hydrogens is 332 g/mol. The van der Waals surface area contributed by atoms with Crippen LogP contribution in [0.4, 0.5) is 5.69 Å². The van der Waals surface area contributed by atoms with Crippen LogP contribution in [0.15, 0.2) is 23.1 Å². The molecule has 1 fully saturated rings. The molecule has 1 amide bonds. The van der Waals surface area contributed by atoms with Gasteiger partial charge in [-0.05, 0) is 38.2 Å². The third-order valence-corrected chi connectivity index (χ3v) is 4.81. The highest BCUT2D eigenvalue weighted by atomic mass is 32.2. The zero-order chi connectivity index (χ0) is 17.7. The molecule has 2 rings (SSSR count). The zero-order valence-corrected chi connectivity index (χ0v) is 14.5. The molecule has 24 heavy (non-hydrogen) atoms. The van der Waals surface area contributed by atoms with Gasteiger partial charge in [-0.25, -0.2) is 0 Å². The molecule has 1 aliphatic rings. The van der Waals surface area contributed by atoms with Gasteiger partial charge >= 0.3 is 5.97 Å². The van der Waals surface area contributed by atoms with Gasteiger partial charge < -0.3 is 9.64 Å². The van der Waals surface area contributed by atoms with Gasteiger partial charge in [-0.3, -0.25) is 19.7 Å². The minimum absolute atomic E-state index is 0.0604. The standard InChI is InChI=1S/C16H20N2O5S/c1-3-23-16(20)11-6-8-17(9-7-11)15(19)12-4-5-14(24-2)13(10-12)18(21)22/h4-5,10-11H,3,6-9H2,1-2H3. The molecule has 1 aromatic carbocycles. The number of likely N-dealkylation sites (tertiary alicyclic amines) is 1. The van der Waals surface area contributed by atoms with E-state index >= 15 is 0 Å². The van der Waals surface area contributed by atoms with Gasteiger partial charge in [0.1, 0.15) is 0 Å². The molecule has 7 nitrogen and oxygen atoms in total. The number of piperidine rings is 1. The molecule has 0 N–H and O–H groups in total. The smallest absolute Gasteiger partial charge is 0.309 e. The summed E-state index contributed by atoms with van der Waals surface area (Å²) >= 11 is 1.27. The van der Waals surface area contributed by atoms with Gasteiger partial charge in [-0.15, -0.1) is 11.8 Å². The number of carbonyl (C=O) groups excluding carboxylic acids is 2. The number of benzene rings is 1. The number of ether oxygens (including phenoxy) is 1. The Kier molecular flexibility index (Phi) is 6.19. The average molecular weight is 352 g/mol. The molecule has 1 saturated heterocycles. The predicted octanol–water partition coefficient (Wildman–Crippen LogP) is 2.73. The Labute approximate surface area is 144 Å². The van der Waals surface area contributed by atoms with Crippen LogP contribution in [-0.4, -0.2) is 47.7 Å². The lowest BCUT2D eigenvalue weighted by molar-refractivity contribution is -0.387. The van der Waals surface area contributed by atoms with Crippen LogP contribution in [0.25, 0.3) is 0 Å². The first-order chi connectivity index (χ1) is 11.5. The normalized spacial score (nSPS) is 15.2. The van der Waals surface area contributed by atoms with Crippen LogP contribution in [0.5, 0.6) is 0 Å². The molecule has 0 aliphatic carbocycles. The highest BCUT2D eigenvalue weighted by Gasteiger charge is 2.29. The summed E-state index contributed by atoms with van der Waals surface area (Å²) in [5.41, 5.74) is 0.240. The third-order valence-electron chi connectivity index (χ3n) is 4.02. The molecule has 0 radical (unpaired) electrons. The van der Waals surface area contributed by atoms with Crippen molar-refractivity contribution in [2.24, 2.45) is 5.92 Å². The Morgan fingerprint density at radius 3 is 2.58 bits per heavy atom. The monoisotopic (exact) mass is 352 g/mol. The van der Waals surface area contributed by atoms with E-state index in [-0.39, 0.29) is 23.5 Å². The minimum atomic E-state index is -0.477. The van der Waals surface area contributed by atoms with Gasteiger partial charge in [0.25, 0.3) is 11.6 Å². The largest absolute Gasteiger partial charge is 0.466 e. The number of carbonyl (C=O) groups is 2. The number of hydrogen-bond acceptors (Lipinski definition) is 6. The maximum Gasteiger partial charge on any atom is 0.309 e. The average Bonchev–Trinajstić information content (AvgIpc) is 2.60. The molecule has 130 valence electrons. The topological polar surface area (TPSA) is 89.8 Å². The molecule has 0 unspecified atom stereocenters. The van der Waals surface area contributed by atoms with Gasteiger partial charge in [0.2, 0.25) is 0 Å². The van der Waals surface area contributed by atoms with Crippen LogP contribution in [0.1, 0.15) is 30.1 Å². The number of thioether (sulfide) groups is 1. The van der Waals surface area contributed by atoms with Crippen LogP contribution in [0.2, 0.25) is 0 Å². The molecule has 1 heterocycles. The van der Waals surface area contributed by atoms with E-state index in [4.69, 9.17) is 4.74 Å². The highest BCUT2D eigenvalue weighted by Crippen LogP contribution is 2.29. The maximum absolute atomic E-state index is 12.6. The zero-order valence-electron chi connectivity index (χ0n) is 13.7. The number of nitrogens with zero attached hydrogens (tertiary/aromatic N) is 2. The molecule has 1 aromatic rings. The van der Waals surface area contributed by atoms with Crippen LogP contribution < -0.4 is 0 Å². The second kappa shape index (κ2) is 8.14. The summed E-state index contributed by atoms with van der Waals surface area (Å²) in [7, 11) is 0. The second-order valence-electron chi connectivity index (χ2n) is 5.46. The summed E-state index contributed by atoms with van der Waals surface area (Å²) in [4.78, 5) is 37.1. The first kappa shape index (κ1) is 18.3. The summed E-state index contributed by atoms with van der Waals surface area (Å²) < 4.78 is 5.01. The van der Waals surface area contributed by atoms with E-state index in [2.05, 4.69) is 0 Å². The van der Waals surface area contributed by atoms with Crippen molar-refractivity contribution >= 4 is 29.3 Å². The number of rotatable bonds is 5. The van der Waals surface area contributed by atoms with Crippen molar-refractivity contribution in [1.29, 1.82) is 0 Å². The minimum Gasteiger partial charge on any atom is -0.466 e. The summed E-state index contributed by atoms with van der Waals surface area (Å²) in [6.07, 6.45) is 2.86. The van der Waals surface area contributed by atoms with E-state index in [0.29, 0.717) is 43.0 Å². The van der Waals surface area contributed by atoms with Crippen LogP contribution in [-0.2, 0) is 9.53 Å². The number of amides is 1. The number of hydrogen-bond donors (Lipinski definition) is 0. The fourth-order valence-electron chi connectivity index (χ4n) is 2.73. The Bertz CT molecular complexity index is 641. The Hall–Kier alpha value is -2.09. The summed E-state index contributed by atoms with van der Waals surface area (Å²) in [5.74, 6) is -0.639. The van der Waals surface area contributed by atoms with Crippen molar-refractivity contribution in [1.82, 2.24) is 4.90 Å². The summed E-state index contributed by atoms with van der Waals surface area (Å²) in [6, 6.07) is 4.53. The lowest BCUT2D eigenvalue weighted by Gasteiger charge is -2.30. The van der Waals surface area contributed by atoms with E-state index in [1.807, 2.05) is 0 Å². The number of nitro benzene ring substituents is 1. The molecule has 0 spiro atoms. The van der Waals surface area contributed by atoms with Gasteiger partial charge in [-0.2, -0.15) is 0 Å². The summed E-state index contributed by atoms with van der Waals surface area (Å²) in [5, 5.41) is 11.1. The SMILES string of the molecule is CCOC(=O)C1CCN(C(=O)c2ccc(SC)c([N+](=O)[O-])c2)CC1. The van der Waals surface area contributed by atoms with E-state index in [1.165, 1.54) is 17.8 Å². The Morgan fingerprint density at radius 1 is 1.38 bits per heavy atom. The first-order valence-corrected chi connectivity index (χ1v) is 8.98. The Balaban J connectivity index is 2.07. The molecular formula is C16H20N2O5S. The van der Waals surface area contributed by atoms with E-state index in [1.54, 1.807) is 30.2 Å². The van der Waals surface area contributed by atoms with E-state index in [9.17, 15) is 19.7 Å². The van der Waals surface area contributed by atoms with Gasteiger partial charge in [0.15, 0.2) is 0 Å². The molecule has 0 atom stereocenters.